The van der Waals surface area contributed by atoms with Crippen molar-refractivity contribution in [3.8, 4) is 0 Å². The summed E-state index contributed by atoms with van der Waals surface area (Å²) in [5.74, 6) is 0.787. The van der Waals surface area contributed by atoms with E-state index in [0.29, 0.717) is 37.0 Å². The Bertz CT molecular complexity index is 750. The Morgan fingerprint density at radius 1 is 1.40 bits per heavy atom. The van der Waals surface area contributed by atoms with Gasteiger partial charge in [0.1, 0.15) is 11.0 Å². The lowest BCUT2D eigenvalue weighted by Gasteiger charge is -2.24. The van der Waals surface area contributed by atoms with Crippen LogP contribution in [0.15, 0.2) is 6.20 Å². The number of hydrogen-bond donors (Lipinski definition) is 1. The summed E-state index contributed by atoms with van der Waals surface area (Å²) in [5.41, 5.74) is 1.16. The third kappa shape index (κ3) is 3.84. The SMILES string of the molecule is CCc1nn(C)c(Cl)c1CNC[C@H]1CCc2nc(C(F)(F)F)cn2C1. The number of aryl methyl sites for hydroxylation is 3. The monoisotopic (exact) mass is 375 g/mol. The van der Waals surface area contributed by atoms with Gasteiger partial charge in [0.05, 0.1) is 5.69 Å². The number of aromatic nitrogens is 4. The van der Waals surface area contributed by atoms with E-state index in [2.05, 4.69) is 15.4 Å². The van der Waals surface area contributed by atoms with E-state index in [9.17, 15) is 13.2 Å². The zero-order valence-electron chi connectivity index (χ0n) is 14.2. The Morgan fingerprint density at radius 3 is 2.84 bits per heavy atom. The third-order valence-electron chi connectivity index (χ3n) is 4.60. The molecule has 1 aliphatic rings. The van der Waals surface area contributed by atoms with Crippen molar-refractivity contribution in [1.82, 2.24) is 24.6 Å². The van der Waals surface area contributed by atoms with Gasteiger partial charge in [-0.25, -0.2) is 4.98 Å². The first-order valence-electron chi connectivity index (χ1n) is 8.33. The number of nitrogens with zero attached hydrogens (tertiary/aromatic N) is 4. The molecule has 0 spiro atoms. The van der Waals surface area contributed by atoms with Crippen molar-refractivity contribution in [1.29, 1.82) is 0 Å². The molecule has 0 aromatic carbocycles. The van der Waals surface area contributed by atoms with Gasteiger partial charge < -0.3 is 9.88 Å². The second kappa shape index (κ2) is 6.99. The zero-order chi connectivity index (χ0) is 18.2. The number of fused-ring (bicyclic) bond motifs is 1. The molecule has 138 valence electrons. The maximum absolute atomic E-state index is 12.8. The summed E-state index contributed by atoms with van der Waals surface area (Å²) in [4.78, 5) is 3.71. The van der Waals surface area contributed by atoms with Crippen LogP contribution in [0.3, 0.4) is 0 Å². The molecule has 0 fully saturated rings. The number of imidazole rings is 1. The van der Waals surface area contributed by atoms with E-state index in [4.69, 9.17) is 11.6 Å². The molecule has 2 aromatic rings. The Balaban J connectivity index is 1.58. The molecular weight excluding hydrogens is 355 g/mol. The summed E-state index contributed by atoms with van der Waals surface area (Å²) < 4.78 is 41.6. The van der Waals surface area contributed by atoms with Crippen LogP contribution >= 0.6 is 11.6 Å². The maximum atomic E-state index is 12.8. The van der Waals surface area contributed by atoms with Crippen LogP contribution in [0.4, 0.5) is 13.2 Å². The lowest BCUT2D eigenvalue weighted by atomic mass is 9.99. The van der Waals surface area contributed by atoms with Gasteiger partial charge in [-0.1, -0.05) is 18.5 Å². The van der Waals surface area contributed by atoms with Crippen LogP contribution in [-0.2, 0) is 39.2 Å². The molecule has 0 radical (unpaired) electrons. The molecular formula is C16H21ClF3N5. The molecule has 0 saturated carbocycles. The van der Waals surface area contributed by atoms with E-state index < -0.39 is 11.9 Å². The summed E-state index contributed by atoms with van der Waals surface area (Å²) in [5, 5.41) is 8.37. The maximum Gasteiger partial charge on any atom is 0.434 e. The highest BCUT2D eigenvalue weighted by molar-refractivity contribution is 6.30. The molecule has 0 amide bonds. The Morgan fingerprint density at radius 2 is 2.16 bits per heavy atom. The van der Waals surface area contributed by atoms with Crippen molar-refractivity contribution in [3.63, 3.8) is 0 Å². The van der Waals surface area contributed by atoms with E-state index in [0.717, 1.165) is 30.3 Å². The number of alkyl halides is 3. The van der Waals surface area contributed by atoms with Gasteiger partial charge in [-0.2, -0.15) is 18.3 Å². The normalized spacial score (nSPS) is 17.8. The van der Waals surface area contributed by atoms with Crippen LogP contribution < -0.4 is 5.32 Å². The Labute approximate surface area is 149 Å². The van der Waals surface area contributed by atoms with Gasteiger partial charge in [0.2, 0.25) is 0 Å². The second-order valence-corrected chi connectivity index (χ2v) is 6.78. The first-order valence-corrected chi connectivity index (χ1v) is 8.71. The van der Waals surface area contributed by atoms with Crippen LogP contribution in [0, 0.1) is 5.92 Å². The van der Waals surface area contributed by atoms with Gasteiger partial charge in [0, 0.05) is 38.3 Å². The lowest BCUT2D eigenvalue weighted by molar-refractivity contribution is -0.141. The fraction of sp³-hybridized carbons (Fsp3) is 0.625. The molecule has 1 atom stereocenters. The summed E-state index contributed by atoms with van der Waals surface area (Å²) >= 11 is 6.27. The summed E-state index contributed by atoms with van der Waals surface area (Å²) in [6.45, 7) is 3.90. The standard InChI is InChI=1S/C16H21ClF3N5/c1-3-12-11(15(17)24(2)23-12)7-21-6-10-4-5-14-22-13(16(18,19)20)9-25(14)8-10/h9-10,21H,3-8H2,1-2H3/t10-/m1/s1. The minimum Gasteiger partial charge on any atom is -0.334 e. The smallest absolute Gasteiger partial charge is 0.334 e. The average Bonchev–Trinajstić information content (AvgIpc) is 3.10. The molecule has 3 heterocycles. The van der Waals surface area contributed by atoms with Gasteiger partial charge >= 0.3 is 6.18 Å². The fourth-order valence-electron chi connectivity index (χ4n) is 3.28. The highest BCUT2D eigenvalue weighted by Crippen LogP contribution is 2.30. The molecule has 1 aliphatic heterocycles. The van der Waals surface area contributed by atoms with Crippen LogP contribution in [0.1, 0.15) is 36.1 Å². The number of halogens is 4. The van der Waals surface area contributed by atoms with E-state index in [1.807, 2.05) is 14.0 Å². The molecule has 0 unspecified atom stereocenters. The third-order valence-corrected chi connectivity index (χ3v) is 5.08. The van der Waals surface area contributed by atoms with Crippen LogP contribution in [0.2, 0.25) is 5.15 Å². The number of nitrogens with one attached hydrogen (secondary N) is 1. The minimum absolute atomic E-state index is 0.267. The molecule has 2 aromatic heterocycles. The molecule has 0 saturated heterocycles. The van der Waals surface area contributed by atoms with E-state index in [-0.39, 0.29) is 5.92 Å². The summed E-state index contributed by atoms with van der Waals surface area (Å²) in [6, 6.07) is 0. The highest BCUT2D eigenvalue weighted by atomic mass is 35.5. The molecule has 0 aliphatic carbocycles. The van der Waals surface area contributed by atoms with Crippen LogP contribution in [0.5, 0.6) is 0 Å². The number of hydrogen-bond acceptors (Lipinski definition) is 3. The summed E-state index contributed by atoms with van der Waals surface area (Å²) in [6.07, 6.45) is -1.07. The predicted molar refractivity (Wildman–Crippen MR) is 88.3 cm³/mol. The first-order chi connectivity index (χ1) is 11.8. The van der Waals surface area contributed by atoms with Gasteiger partial charge in [-0.15, -0.1) is 0 Å². The molecule has 1 N–H and O–H groups in total. The summed E-state index contributed by atoms with van der Waals surface area (Å²) in [7, 11) is 1.81. The molecule has 9 heteroatoms. The molecule has 25 heavy (non-hydrogen) atoms. The predicted octanol–water partition coefficient (Wildman–Crippen LogP) is 3.20. The second-order valence-electron chi connectivity index (χ2n) is 6.42. The van der Waals surface area contributed by atoms with Gasteiger partial charge in [0.15, 0.2) is 5.69 Å². The van der Waals surface area contributed by atoms with Crippen molar-refractivity contribution in [2.75, 3.05) is 6.54 Å². The number of rotatable bonds is 5. The Kier molecular flexibility index (Phi) is 5.11. The van der Waals surface area contributed by atoms with Crippen molar-refractivity contribution < 1.29 is 13.2 Å². The van der Waals surface area contributed by atoms with Gasteiger partial charge in [-0.3, -0.25) is 4.68 Å². The first kappa shape index (κ1) is 18.3. The molecule has 0 bridgehead atoms. The van der Waals surface area contributed by atoms with Crippen molar-refractivity contribution in [3.05, 3.63) is 34.1 Å². The van der Waals surface area contributed by atoms with E-state index >= 15 is 0 Å². The topological polar surface area (TPSA) is 47.7 Å². The fourth-order valence-corrected chi connectivity index (χ4v) is 3.49. The van der Waals surface area contributed by atoms with Gasteiger partial charge in [0.25, 0.3) is 0 Å². The Hall–Kier alpha value is -1.54. The van der Waals surface area contributed by atoms with Crippen molar-refractivity contribution >= 4 is 11.6 Å². The average molecular weight is 376 g/mol. The zero-order valence-corrected chi connectivity index (χ0v) is 15.0. The van der Waals surface area contributed by atoms with Crippen LogP contribution in [0.25, 0.3) is 0 Å². The van der Waals surface area contributed by atoms with Crippen molar-refractivity contribution in [2.45, 2.75) is 45.5 Å². The van der Waals surface area contributed by atoms with Crippen molar-refractivity contribution in [2.24, 2.45) is 13.0 Å². The molecule has 5 nitrogen and oxygen atoms in total. The van der Waals surface area contributed by atoms with E-state index in [1.165, 1.54) is 0 Å². The van der Waals surface area contributed by atoms with E-state index in [1.54, 1.807) is 9.25 Å². The molecule has 3 rings (SSSR count). The lowest BCUT2D eigenvalue weighted by Crippen LogP contribution is -2.30. The van der Waals surface area contributed by atoms with Crippen LogP contribution in [-0.4, -0.2) is 25.9 Å². The minimum atomic E-state index is -4.38. The largest absolute Gasteiger partial charge is 0.434 e. The highest BCUT2D eigenvalue weighted by Gasteiger charge is 2.35. The quantitative estimate of drug-likeness (QED) is 0.873. The van der Waals surface area contributed by atoms with Gasteiger partial charge in [-0.05, 0) is 25.3 Å².